The van der Waals surface area contributed by atoms with Crippen LogP contribution >= 0.6 is 23.2 Å². The number of carboxylic acids is 1. The van der Waals surface area contributed by atoms with Gasteiger partial charge in [-0.2, -0.15) is 0 Å². The number of H-pyrrole nitrogens is 2. The van der Waals surface area contributed by atoms with Gasteiger partial charge >= 0.3 is 11.9 Å². The first-order valence-electron chi connectivity index (χ1n) is 7.32. The minimum atomic E-state index is -1.03. The van der Waals surface area contributed by atoms with E-state index in [-0.39, 0.29) is 5.69 Å². The van der Waals surface area contributed by atoms with E-state index in [1.165, 1.54) is 18.6 Å². The Morgan fingerprint density at radius 1 is 1.04 bits per heavy atom. The molecule has 26 heavy (non-hydrogen) atoms. The van der Waals surface area contributed by atoms with Crippen molar-refractivity contribution in [3.8, 4) is 0 Å². The van der Waals surface area contributed by atoms with E-state index in [9.17, 15) is 9.59 Å². The number of carbonyl (C=O) groups is 2. The highest BCUT2D eigenvalue weighted by atomic mass is 35.5. The van der Waals surface area contributed by atoms with Crippen molar-refractivity contribution >= 4 is 57.3 Å². The lowest BCUT2D eigenvalue weighted by Gasteiger charge is -1.96. The van der Waals surface area contributed by atoms with Crippen LogP contribution in [-0.4, -0.2) is 33.6 Å². The Bertz CT molecular complexity index is 1090. The summed E-state index contributed by atoms with van der Waals surface area (Å²) in [5, 5.41) is 9.42. The van der Waals surface area contributed by atoms with Gasteiger partial charge in [0.1, 0.15) is 45.0 Å². The van der Waals surface area contributed by atoms with Gasteiger partial charge in [-0.1, -0.05) is 23.2 Å². The lowest BCUT2D eigenvalue weighted by Crippen LogP contribution is -2.04. The minimum Gasteiger partial charge on any atom is -0.477 e. The lowest BCUT2D eigenvalue weighted by atomic mass is 10.4. The van der Waals surface area contributed by atoms with Crippen molar-refractivity contribution in [3.63, 3.8) is 0 Å². The SMILES string of the molecule is CCOC(=O)c1cc2occ(Cl)c2[nH]1.O=C(O)c1cc2occ(Cl)c2[nH]1. The summed E-state index contributed by atoms with van der Waals surface area (Å²) < 4.78 is 14.9. The Hall–Kier alpha value is -2.84. The van der Waals surface area contributed by atoms with E-state index in [4.69, 9.17) is 41.9 Å². The summed E-state index contributed by atoms with van der Waals surface area (Å²) in [4.78, 5) is 27.2. The monoisotopic (exact) mass is 398 g/mol. The van der Waals surface area contributed by atoms with Gasteiger partial charge in [0.25, 0.3) is 0 Å². The first kappa shape index (κ1) is 18.0. The number of nitrogens with one attached hydrogen (secondary N) is 2. The van der Waals surface area contributed by atoms with Gasteiger partial charge in [-0.25, -0.2) is 9.59 Å². The molecule has 3 N–H and O–H groups in total. The van der Waals surface area contributed by atoms with Gasteiger partial charge in [-0.15, -0.1) is 0 Å². The van der Waals surface area contributed by atoms with Gasteiger partial charge in [0.05, 0.1) is 6.61 Å². The Balaban J connectivity index is 0.000000152. The molecular formula is C16H12Cl2N2O6. The average Bonchev–Trinajstić information content (AvgIpc) is 3.33. The van der Waals surface area contributed by atoms with E-state index in [0.29, 0.717) is 44.5 Å². The maximum Gasteiger partial charge on any atom is 0.354 e. The molecule has 10 heteroatoms. The molecule has 0 unspecified atom stereocenters. The number of fused-ring (bicyclic) bond motifs is 2. The molecule has 0 aromatic carbocycles. The van der Waals surface area contributed by atoms with E-state index in [2.05, 4.69) is 9.97 Å². The summed E-state index contributed by atoms with van der Waals surface area (Å²) in [7, 11) is 0. The van der Waals surface area contributed by atoms with Crippen LogP contribution < -0.4 is 0 Å². The number of ether oxygens (including phenoxy) is 1. The lowest BCUT2D eigenvalue weighted by molar-refractivity contribution is 0.0520. The third-order valence-corrected chi connectivity index (χ3v) is 3.90. The number of aromatic carboxylic acids is 1. The van der Waals surface area contributed by atoms with Crippen molar-refractivity contribution in [2.24, 2.45) is 0 Å². The smallest absolute Gasteiger partial charge is 0.354 e. The molecule has 0 amide bonds. The van der Waals surface area contributed by atoms with E-state index >= 15 is 0 Å². The molecule has 0 aliphatic heterocycles. The molecule has 4 heterocycles. The number of aromatic nitrogens is 2. The molecule has 4 aromatic heterocycles. The second kappa shape index (κ2) is 7.19. The first-order valence-corrected chi connectivity index (χ1v) is 8.08. The Morgan fingerprint density at radius 3 is 2.00 bits per heavy atom. The van der Waals surface area contributed by atoms with E-state index in [1.54, 1.807) is 13.0 Å². The molecular weight excluding hydrogens is 387 g/mol. The Morgan fingerprint density at radius 2 is 1.54 bits per heavy atom. The standard InChI is InChI=1S/C9H8ClNO3.C7H4ClNO3/c1-2-13-9(12)6-3-7-8(11-6)5(10)4-14-7;8-3-2-12-5-1-4(7(10)11)9-6(3)5/h3-4,11H,2H2,1H3;1-2,9H,(H,10,11). The largest absolute Gasteiger partial charge is 0.477 e. The molecule has 136 valence electrons. The number of hydrogen-bond acceptors (Lipinski definition) is 5. The van der Waals surface area contributed by atoms with Gasteiger partial charge in [-0.05, 0) is 6.92 Å². The molecule has 0 atom stereocenters. The predicted octanol–water partition coefficient (Wildman–Crippen LogP) is 4.70. The molecule has 0 saturated heterocycles. The molecule has 8 nitrogen and oxygen atoms in total. The number of carbonyl (C=O) groups excluding carboxylic acids is 1. The number of carboxylic acid groups (broad SMARTS) is 1. The maximum atomic E-state index is 11.3. The molecule has 0 aliphatic rings. The van der Waals surface area contributed by atoms with Crippen LogP contribution in [0.4, 0.5) is 0 Å². The van der Waals surface area contributed by atoms with Crippen LogP contribution in [0.2, 0.25) is 10.0 Å². The minimum absolute atomic E-state index is 0.0752. The molecule has 0 bridgehead atoms. The molecule has 0 aliphatic carbocycles. The predicted molar refractivity (Wildman–Crippen MR) is 94.1 cm³/mol. The fourth-order valence-electron chi connectivity index (χ4n) is 2.19. The van der Waals surface area contributed by atoms with Gasteiger partial charge in [0, 0.05) is 12.1 Å². The number of aromatic amines is 2. The molecule has 0 radical (unpaired) electrons. The van der Waals surface area contributed by atoms with Crippen molar-refractivity contribution in [3.05, 3.63) is 46.1 Å². The second-order valence-electron chi connectivity index (χ2n) is 5.04. The van der Waals surface area contributed by atoms with Crippen LogP contribution in [0.5, 0.6) is 0 Å². The fraction of sp³-hybridized carbons (Fsp3) is 0.125. The van der Waals surface area contributed by atoms with Crippen molar-refractivity contribution in [1.29, 1.82) is 0 Å². The molecule has 4 rings (SSSR count). The molecule has 0 fully saturated rings. The number of rotatable bonds is 3. The number of halogens is 2. The zero-order valence-corrected chi connectivity index (χ0v) is 14.8. The van der Waals surface area contributed by atoms with Gasteiger partial charge < -0.3 is 28.6 Å². The normalized spacial score (nSPS) is 10.7. The van der Waals surface area contributed by atoms with Crippen molar-refractivity contribution in [2.75, 3.05) is 6.61 Å². The van der Waals surface area contributed by atoms with Gasteiger partial charge in [-0.3, -0.25) is 0 Å². The summed E-state index contributed by atoms with van der Waals surface area (Å²) >= 11 is 11.5. The second-order valence-corrected chi connectivity index (χ2v) is 5.85. The summed E-state index contributed by atoms with van der Waals surface area (Å²) in [6, 6.07) is 2.96. The van der Waals surface area contributed by atoms with Gasteiger partial charge in [0.15, 0.2) is 11.2 Å². The molecule has 4 aromatic rings. The molecule has 0 spiro atoms. The number of furan rings is 2. The summed E-state index contributed by atoms with van der Waals surface area (Å²) in [6.07, 6.45) is 2.77. The number of esters is 1. The topological polar surface area (TPSA) is 121 Å². The molecule has 0 saturated carbocycles. The maximum absolute atomic E-state index is 11.3. The van der Waals surface area contributed by atoms with Crippen molar-refractivity contribution in [2.45, 2.75) is 6.92 Å². The van der Waals surface area contributed by atoms with Crippen LogP contribution in [0.1, 0.15) is 27.9 Å². The van der Waals surface area contributed by atoms with Crippen LogP contribution in [0, 0.1) is 0 Å². The van der Waals surface area contributed by atoms with Gasteiger partial charge in [0.2, 0.25) is 0 Å². The van der Waals surface area contributed by atoms with Crippen LogP contribution in [-0.2, 0) is 4.74 Å². The highest BCUT2D eigenvalue weighted by Crippen LogP contribution is 2.26. The zero-order valence-electron chi connectivity index (χ0n) is 13.3. The Kier molecular flexibility index (Phi) is 4.97. The van der Waals surface area contributed by atoms with Crippen molar-refractivity contribution < 1.29 is 28.3 Å². The first-order chi connectivity index (χ1) is 12.4. The van der Waals surface area contributed by atoms with Crippen LogP contribution in [0.25, 0.3) is 22.2 Å². The fourth-order valence-corrected chi connectivity index (χ4v) is 2.56. The summed E-state index contributed by atoms with van der Waals surface area (Å²) in [6.45, 7) is 2.09. The van der Waals surface area contributed by atoms with Crippen LogP contribution in [0.3, 0.4) is 0 Å². The zero-order chi connectivity index (χ0) is 18.8. The Labute approximate surface area is 155 Å². The third kappa shape index (κ3) is 3.42. The summed E-state index contributed by atoms with van der Waals surface area (Å²) in [5.41, 5.74) is 2.58. The van der Waals surface area contributed by atoms with E-state index < -0.39 is 11.9 Å². The highest BCUT2D eigenvalue weighted by molar-refractivity contribution is 6.35. The third-order valence-electron chi connectivity index (χ3n) is 3.35. The summed E-state index contributed by atoms with van der Waals surface area (Å²) in [5.74, 6) is -1.44. The van der Waals surface area contributed by atoms with E-state index in [1.807, 2.05) is 0 Å². The quantitative estimate of drug-likeness (QED) is 0.429. The highest BCUT2D eigenvalue weighted by Gasteiger charge is 2.14. The van der Waals surface area contributed by atoms with E-state index in [0.717, 1.165) is 0 Å². The van der Waals surface area contributed by atoms with Crippen LogP contribution in [0.15, 0.2) is 33.5 Å². The van der Waals surface area contributed by atoms with Crippen molar-refractivity contribution in [1.82, 2.24) is 9.97 Å². The number of hydrogen-bond donors (Lipinski definition) is 3. The average molecular weight is 399 g/mol.